The molecule has 0 saturated carbocycles. The molecule has 29 heavy (non-hydrogen) atoms. The van der Waals surface area contributed by atoms with Crippen LogP contribution in [0.2, 0.25) is 0 Å². The molecule has 2 N–H and O–H groups in total. The summed E-state index contributed by atoms with van der Waals surface area (Å²) in [5, 5.41) is 23.1. The number of hydrogen-bond donors (Lipinski definition) is 2. The van der Waals surface area contributed by atoms with Gasteiger partial charge in [-0.2, -0.15) is 0 Å². The molecule has 0 spiro atoms. The van der Waals surface area contributed by atoms with Crippen LogP contribution in [0.3, 0.4) is 0 Å². The Balaban J connectivity index is 1.84. The van der Waals surface area contributed by atoms with Crippen LogP contribution in [0, 0.1) is 10.1 Å². The third-order valence-electron chi connectivity index (χ3n) is 3.90. The van der Waals surface area contributed by atoms with Crippen molar-refractivity contribution in [3.63, 3.8) is 0 Å². The maximum atomic E-state index is 12.5. The number of aromatic hydroxyl groups is 1. The number of nitro groups is 1. The standard InChI is InChI=1S/C17H12BrN3O8/c1-28-16(24)13-3-2-9(29-13)7-20-15(23)11(19-17(20)25)5-8-4-10(18)14(22)12(6-8)21(26)27/h2-6,22H,7H2,1H3,(H,19,25)/b11-5-. The highest BCUT2D eigenvalue weighted by Gasteiger charge is 2.34. The lowest BCUT2D eigenvalue weighted by Gasteiger charge is -2.09. The van der Waals surface area contributed by atoms with E-state index in [4.69, 9.17) is 4.42 Å². The highest BCUT2D eigenvalue weighted by Crippen LogP contribution is 2.35. The van der Waals surface area contributed by atoms with Crippen molar-refractivity contribution in [1.82, 2.24) is 10.2 Å². The first-order valence-electron chi connectivity index (χ1n) is 7.89. The Kier molecular flexibility index (Phi) is 5.37. The quantitative estimate of drug-likeness (QED) is 0.224. The molecule has 150 valence electrons. The zero-order chi connectivity index (χ0) is 21.3. The predicted octanol–water partition coefficient (Wildman–Crippen LogP) is 2.54. The number of phenols is 1. The Labute approximate surface area is 170 Å². The van der Waals surface area contributed by atoms with Gasteiger partial charge in [-0.15, -0.1) is 0 Å². The van der Waals surface area contributed by atoms with Gasteiger partial charge in [-0.3, -0.25) is 19.8 Å². The Bertz CT molecular complexity index is 1070. The SMILES string of the molecule is COC(=O)c1ccc(CN2C(=O)N/C(=C\c3cc(Br)c(O)c([N+](=O)[O-])c3)C2=O)o1. The van der Waals surface area contributed by atoms with Crippen molar-refractivity contribution in [3.8, 4) is 5.75 Å². The number of halogens is 1. The van der Waals surface area contributed by atoms with E-state index in [1.165, 1.54) is 31.4 Å². The molecule has 11 nitrogen and oxygen atoms in total. The predicted molar refractivity (Wildman–Crippen MR) is 99.6 cm³/mol. The summed E-state index contributed by atoms with van der Waals surface area (Å²) in [6, 6.07) is 4.46. The van der Waals surface area contributed by atoms with Crippen LogP contribution >= 0.6 is 15.9 Å². The fourth-order valence-corrected chi connectivity index (χ4v) is 3.01. The second-order valence-electron chi connectivity index (χ2n) is 5.76. The molecule has 1 aliphatic rings. The number of carbonyl (C=O) groups is 3. The molecule has 1 aliphatic heterocycles. The molecule has 0 aliphatic carbocycles. The van der Waals surface area contributed by atoms with Gasteiger partial charge >= 0.3 is 17.7 Å². The minimum absolute atomic E-state index is 0.0538. The summed E-state index contributed by atoms with van der Waals surface area (Å²) in [5.41, 5.74) is -0.481. The number of benzene rings is 1. The first-order valence-corrected chi connectivity index (χ1v) is 8.69. The van der Waals surface area contributed by atoms with Crippen molar-refractivity contribution >= 4 is 45.6 Å². The lowest BCUT2D eigenvalue weighted by atomic mass is 10.1. The van der Waals surface area contributed by atoms with Crippen LogP contribution in [0.15, 0.2) is 38.9 Å². The van der Waals surface area contributed by atoms with Crippen LogP contribution in [-0.2, 0) is 16.1 Å². The zero-order valence-corrected chi connectivity index (χ0v) is 16.3. The van der Waals surface area contributed by atoms with Crippen LogP contribution < -0.4 is 5.32 Å². The van der Waals surface area contributed by atoms with E-state index in [2.05, 4.69) is 26.0 Å². The van der Waals surface area contributed by atoms with Crippen LogP contribution in [0.1, 0.15) is 21.9 Å². The van der Waals surface area contributed by atoms with Crippen molar-refractivity contribution in [2.45, 2.75) is 6.54 Å². The molecule has 12 heteroatoms. The molecule has 0 radical (unpaired) electrons. The maximum Gasteiger partial charge on any atom is 0.373 e. The van der Waals surface area contributed by atoms with Gasteiger partial charge in [0.2, 0.25) is 11.5 Å². The molecule has 3 rings (SSSR count). The lowest BCUT2D eigenvalue weighted by molar-refractivity contribution is -0.386. The molecule has 1 aromatic carbocycles. The van der Waals surface area contributed by atoms with Gasteiger partial charge in [-0.05, 0) is 45.8 Å². The van der Waals surface area contributed by atoms with E-state index in [-0.39, 0.29) is 33.8 Å². The van der Waals surface area contributed by atoms with Crippen molar-refractivity contribution in [2.75, 3.05) is 7.11 Å². The topological polar surface area (TPSA) is 152 Å². The minimum atomic E-state index is -0.779. The number of carbonyl (C=O) groups excluding carboxylic acids is 3. The molecule has 0 atom stereocenters. The van der Waals surface area contributed by atoms with E-state index in [0.29, 0.717) is 0 Å². The highest BCUT2D eigenvalue weighted by molar-refractivity contribution is 9.10. The van der Waals surface area contributed by atoms with Crippen LogP contribution in [0.4, 0.5) is 10.5 Å². The number of esters is 1. The van der Waals surface area contributed by atoms with Gasteiger partial charge in [0.25, 0.3) is 5.91 Å². The number of methoxy groups -OCH3 is 1. The molecule has 0 bridgehead atoms. The molecule has 2 aromatic rings. The Morgan fingerprint density at radius 2 is 2.14 bits per heavy atom. The number of amides is 3. The van der Waals surface area contributed by atoms with Gasteiger partial charge in [0.05, 0.1) is 23.1 Å². The summed E-state index contributed by atoms with van der Waals surface area (Å²) in [5.74, 6) is -1.85. The van der Waals surface area contributed by atoms with Crippen LogP contribution in [0.25, 0.3) is 6.08 Å². The largest absolute Gasteiger partial charge is 0.501 e. The Morgan fingerprint density at radius 1 is 1.41 bits per heavy atom. The minimum Gasteiger partial charge on any atom is -0.501 e. The summed E-state index contributed by atoms with van der Waals surface area (Å²) >= 11 is 3.00. The fraction of sp³-hybridized carbons (Fsp3) is 0.118. The number of imide groups is 1. The van der Waals surface area contributed by atoms with Crippen molar-refractivity contribution in [1.29, 1.82) is 0 Å². The summed E-state index contributed by atoms with van der Waals surface area (Å²) in [6.07, 6.45) is 1.24. The van der Waals surface area contributed by atoms with E-state index >= 15 is 0 Å². The van der Waals surface area contributed by atoms with Gasteiger partial charge in [0.1, 0.15) is 11.5 Å². The number of nitrogens with zero attached hydrogens (tertiary/aromatic N) is 2. The van der Waals surface area contributed by atoms with Crippen molar-refractivity contribution in [3.05, 3.63) is 61.6 Å². The summed E-state index contributed by atoms with van der Waals surface area (Å²) in [6.45, 7) is -0.238. The molecular weight excluding hydrogens is 454 g/mol. The average Bonchev–Trinajstić information content (AvgIpc) is 3.24. The average molecular weight is 466 g/mol. The smallest absolute Gasteiger partial charge is 0.373 e. The highest BCUT2D eigenvalue weighted by atomic mass is 79.9. The van der Waals surface area contributed by atoms with E-state index < -0.39 is 34.3 Å². The molecule has 1 aromatic heterocycles. The fourth-order valence-electron chi connectivity index (χ4n) is 2.54. The van der Waals surface area contributed by atoms with Crippen molar-refractivity contribution < 1.29 is 33.6 Å². The molecular formula is C17H12BrN3O8. The normalized spacial score (nSPS) is 15.0. The number of nitrogens with one attached hydrogen (secondary N) is 1. The molecule has 3 amide bonds. The third kappa shape index (κ3) is 3.96. The summed E-state index contributed by atoms with van der Waals surface area (Å²) < 4.78 is 9.81. The van der Waals surface area contributed by atoms with Crippen LogP contribution in [-0.4, -0.2) is 39.9 Å². The monoisotopic (exact) mass is 465 g/mol. The van der Waals surface area contributed by atoms with Gasteiger partial charge in [0, 0.05) is 6.07 Å². The number of furan rings is 1. The first-order chi connectivity index (χ1) is 13.7. The number of nitro benzene ring substituents is 1. The maximum absolute atomic E-state index is 12.5. The number of phenolic OH excluding ortho intramolecular Hbond substituents is 1. The first kappa shape index (κ1) is 20.1. The van der Waals surface area contributed by atoms with Crippen molar-refractivity contribution in [2.24, 2.45) is 0 Å². The van der Waals surface area contributed by atoms with Crippen LogP contribution in [0.5, 0.6) is 5.75 Å². The molecule has 0 unspecified atom stereocenters. The number of urea groups is 1. The zero-order valence-electron chi connectivity index (χ0n) is 14.7. The van der Waals surface area contributed by atoms with E-state index in [1.807, 2.05) is 0 Å². The second-order valence-corrected chi connectivity index (χ2v) is 6.62. The lowest BCUT2D eigenvalue weighted by Crippen LogP contribution is -2.30. The van der Waals surface area contributed by atoms with E-state index in [1.54, 1.807) is 0 Å². The van der Waals surface area contributed by atoms with E-state index in [0.717, 1.165) is 11.0 Å². The third-order valence-corrected chi connectivity index (χ3v) is 4.50. The number of hydrogen-bond acceptors (Lipinski definition) is 8. The number of ether oxygens (including phenoxy) is 1. The summed E-state index contributed by atoms with van der Waals surface area (Å²) in [7, 11) is 1.19. The Hall–Kier alpha value is -3.67. The Morgan fingerprint density at radius 3 is 2.79 bits per heavy atom. The second kappa shape index (κ2) is 7.75. The van der Waals surface area contributed by atoms with Gasteiger partial charge in [-0.25, -0.2) is 9.59 Å². The number of rotatable bonds is 5. The van der Waals surface area contributed by atoms with Gasteiger partial charge in [-0.1, -0.05) is 0 Å². The van der Waals surface area contributed by atoms with E-state index in [9.17, 15) is 29.6 Å². The molecule has 1 saturated heterocycles. The van der Waals surface area contributed by atoms with Gasteiger partial charge < -0.3 is 19.6 Å². The molecule has 1 fully saturated rings. The molecule has 2 heterocycles. The van der Waals surface area contributed by atoms with Gasteiger partial charge in [0.15, 0.2) is 0 Å². The summed E-state index contributed by atoms with van der Waals surface area (Å²) in [4.78, 5) is 47.2.